The fourth-order valence-corrected chi connectivity index (χ4v) is 2.02. The molecule has 118 valence electrons. The van der Waals surface area contributed by atoms with Gasteiger partial charge < -0.3 is 9.67 Å². The molecule has 4 nitrogen and oxygen atoms in total. The number of carboxylic acid groups (broad SMARTS) is 1. The number of nitrogens with zero attached hydrogens (tertiary/aromatic N) is 2. The zero-order valence-corrected chi connectivity index (χ0v) is 12.1. The van der Waals surface area contributed by atoms with Crippen LogP contribution in [0.1, 0.15) is 35.6 Å². The van der Waals surface area contributed by atoms with Gasteiger partial charge in [-0.15, -0.1) is 0 Å². The smallest absolute Gasteiger partial charge is 0.418 e. The second-order valence-corrected chi connectivity index (χ2v) is 4.55. The van der Waals surface area contributed by atoms with Crippen molar-refractivity contribution in [2.45, 2.75) is 33.0 Å². The first-order valence-corrected chi connectivity index (χ1v) is 6.48. The summed E-state index contributed by atoms with van der Waals surface area (Å²) in [5.74, 6) is -1.41. The topological polar surface area (TPSA) is 66.0 Å². The molecule has 0 saturated heterocycles. The fourth-order valence-electron chi connectivity index (χ4n) is 2.02. The minimum Gasteiger partial charge on any atom is -0.477 e. The summed E-state index contributed by atoms with van der Waals surface area (Å²) in [6, 6.07) is 2.56. The van der Waals surface area contributed by atoms with E-state index in [0.717, 1.165) is 4.57 Å². The Labute approximate surface area is 125 Å². The van der Waals surface area contributed by atoms with Crippen molar-refractivity contribution >= 4 is 5.97 Å². The average Bonchev–Trinajstić information content (AvgIpc) is 2.81. The Morgan fingerprint density at radius 2 is 2.14 bits per heavy atom. The first kappa shape index (κ1) is 17.6. The molecule has 7 heteroatoms. The maximum Gasteiger partial charge on any atom is 0.418 e. The standard InChI is InChI=1S/C15H15F3N2O2/c1-3-12-11(15(16,17)18)8-13(14(21)22)20(12)7-5-4-6-10(2)9-19/h4-6,8H,3,7H2,1-2H3,(H,21,22). The molecule has 1 N–H and O–H groups in total. The molecule has 0 fully saturated rings. The van der Waals surface area contributed by atoms with Gasteiger partial charge in [0.2, 0.25) is 0 Å². The Morgan fingerprint density at radius 1 is 1.50 bits per heavy atom. The summed E-state index contributed by atoms with van der Waals surface area (Å²) < 4.78 is 40.0. The molecule has 0 aliphatic heterocycles. The van der Waals surface area contributed by atoms with Gasteiger partial charge in [-0.3, -0.25) is 0 Å². The highest BCUT2D eigenvalue weighted by Crippen LogP contribution is 2.34. The molecule has 0 radical (unpaired) electrons. The van der Waals surface area contributed by atoms with Crippen molar-refractivity contribution in [2.75, 3.05) is 0 Å². The number of aromatic carboxylic acids is 1. The van der Waals surface area contributed by atoms with Gasteiger partial charge in [-0.05, 0) is 25.5 Å². The Hall–Kier alpha value is -2.49. The SMILES string of the molecule is CCc1c(C(F)(F)F)cc(C(=O)O)n1CC=CC=C(C)C#N. The van der Waals surface area contributed by atoms with Crippen LogP contribution in [-0.2, 0) is 19.1 Å². The first-order valence-electron chi connectivity index (χ1n) is 6.48. The van der Waals surface area contributed by atoms with Gasteiger partial charge in [0.25, 0.3) is 0 Å². The summed E-state index contributed by atoms with van der Waals surface area (Å²) in [6.07, 6.45) is -0.0193. The highest BCUT2D eigenvalue weighted by Gasteiger charge is 2.37. The van der Waals surface area contributed by atoms with E-state index >= 15 is 0 Å². The van der Waals surface area contributed by atoms with E-state index in [9.17, 15) is 18.0 Å². The lowest BCUT2D eigenvalue weighted by molar-refractivity contribution is -0.138. The van der Waals surface area contributed by atoms with Gasteiger partial charge in [0.1, 0.15) is 5.69 Å². The third-order valence-electron chi connectivity index (χ3n) is 3.01. The second-order valence-electron chi connectivity index (χ2n) is 4.55. The van der Waals surface area contributed by atoms with Crippen LogP contribution in [0.4, 0.5) is 13.2 Å². The van der Waals surface area contributed by atoms with Crippen LogP contribution in [0.25, 0.3) is 0 Å². The molecule has 1 heterocycles. The van der Waals surface area contributed by atoms with Crippen LogP contribution in [0.15, 0.2) is 29.9 Å². The molecule has 22 heavy (non-hydrogen) atoms. The van der Waals surface area contributed by atoms with Crippen LogP contribution >= 0.6 is 0 Å². The molecule has 0 unspecified atom stereocenters. The van der Waals surface area contributed by atoms with Crippen molar-refractivity contribution < 1.29 is 23.1 Å². The number of hydrogen-bond donors (Lipinski definition) is 1. The molecule has 1 aromatic heterocycles. The Balaban J connectivity index is 3.25. The summed E-state index contributed by atoms with van der Waals surface area (Å²) in [5.41, 5.74) is -0.969. The third kappa shape index (κ3) is 4.01. The highest BCUT2D eigenvalue weighted by molar-refractivity contribution is 5.86. The van der Waals surface area contributed by atoms with E-state index in [2.05, 4.69) is 0 Å². The lowest BCUT2D eigenvalue weighted by Crippen LogP contribution is -2.12. The van der Waals surface area contributed by atoms with Gasteiger partial charge in [-0.25, -0.2) is 4.79 Å². The summed E-state index contributed by atoms with van der Waals surface area (Å²) in [4.78, 5) is 11.2. The number of alkyl halides is 3. The third-order valence-corrected chi connectivity index (χ3v) is 3.01. The van der Waals surface area contributed by atoms with E-state index in [0.29, 0.717) is 11.6 Å². The van der Waals surface area contributed by atoms with Gasteiger partial charge in [0.05, 0.1) is 11.6 Å². The summed E-state index contributed by atoms with van der Waals surface area (Å²) in [6.45, 7) is 3.11. The zero-order valence-electron chi connectivity index (χ0n) is 12.1. The van der Waals surface area contributed by atoms with E-state index in [-0.39, 0.29) is 18.7 Å². The number of halogens is 3. The van der Waals surface area contributed by atoms with Crippen LogP contribution in [0.2, 0.25) is 0 Å². The molecule has 0 spiro atoms. The highest BCUT2D eigenvalue weighted by atomic mass is 19.4. The van der Waals surface area contributed by atoms with Crippen LogP contribution in [0.5, 0.6) is 0 Å². The van der Waals surface area contributed by atoms with Gasteiger partial charge in [0.15, 0.2) is 0 Å². The van der Waals surface area contributed by atoms with E-state index in [1.54, 1.807) is 6.92 Å². The molecule has 0 atom stereocenters. The maximum atomic E-state index is 13.0. The molecule has 1 aromatic rings. The zero-order chi connectivity index (χ0) is 16.9. The summed E-state index contributed by atoms with van der Waals surface area (Å²) in [7, 11) is 0. The number of hydrogen-bond acceptors (Lipinski definition) is 2. The molecule has 0 bridgehead atoms. The normalized spacial score (nSPS) is 12.6. The minimum absolute atomic E-state index is 0.0178. The second kappa shape index (κ2) is 6.98. The predicted molar refractivity (Wildman–Crippen MR) is 74.3 cm³/mol. The largest absolute Gasteiger partial charge is 0.477 e. The molecular formula is C15H15F3N2O2. The molecular weight excluding hydrogens is 297 g/mol. The van der Waals surface area contributed by atoms with Crippen molar-refractivity contribution in [3.8, 4) is 6.07 Å². The van der Waals surface area contributed by atoms with E-state index in [4.69, 9.17) is 10.4 Å². The fraction of sp³-hybridized carbons (Fsp3) is 0.333. The number of carboxylic acids is 1. The van der Waals surface area contributed by atoms with Crippen LogP contribution in [-0.4, -0.2) is 15.6 Å². The molecule has 0 amide bonds. The van der Waals surface area contributed by atoms with Crippen molar-refractivity contribution in [2.24, 2.45) is 0 Å². The number of aromatic nitrogens is 1. The Morgan fingerprint density at radius 3 is 2.59 bits per heavy atom. The maximum absolute atomic E-state index is 13.0. The number of carbonyl (C=O) groups is 1. The van der Waals surface area contributed by atoms with Gasteiger partial charge in [-0.2, -0.15) is 18.4 Å². The predicted octanol–water partition coefficient (Wildman–Crippen LogP) is 3.79. The lowest BCUT2D eigenvalue weighted by atomic mass is 10.2. The van der Waals surface area contributed by atoms with Crippen molar-refractivity contribution in [1.82, 2.24) is 4.57 Å². The molecule has 1 rings (SSSR count). The van der Waals surface area contributed by atoms with Crippen molar-refractivity contribution in [3.05, 3.63) is 46.8 Å². The summed E-state index contributed by atoms with van der Waals surface area (Å²) in [5, 5.41) is 17.7. The lowest BCUT2D eigenvalue weighted by Gasteiger charge is -2.11. The van der Waals surface area contributed by atoms with Crippen LogP contribution in [0.3, 0.4) is 0 Å². The molecule has 0 aromatic carbocycles. The first-order chi connectivity index (χ1) is 10.2. The molecule has 0 aliphatic rings. The summed E-state index contributed by atoms with van der Waals surface area (Å²) >= 11 is 0. The number of allylic oxidation sites excluding steroid dienone is 4. The van der Waals surface area contributed by atoms with E-state index in [1.807, 2.05) is 6.07 Å². The Bertz CT molecular complexity index is 662. The quantitative estimate of drug-likeness (QED) is 0.664. The Kier molecular flexibility index (Phi) is 5.57. The van der Waals surface area contributed by atoms with Gasteiger partial charge in [0, 0.05) is 17.8 Å². The van der Waals surface area contributed by atoms with Gasteiger partial charge >= 0.3 is 12.1 Å². The van der Waals surface area contributed by atoms with Crippen molar-refractivity contribution in [1.29, 1.82) is 5.26 Å². The number of nitriles is 1. The van der Waals surface area contributed by atoms with Crippen LogP contribution in [0, 0.1) is 11.3 Å². The average molecular weight is 312 g/mol. The molecule has 0 saturated carbocycles. The molecule has 0 aliphatic carbocycles. The van der Waals surface area contributed by atoms with E-state index < -0.39 is 23.4 Å². The van der Waals surface area contributed by atoms with Crippen LogP contribution < -0.4 is 0 Å². The van der Waals surface area contributed by atoms with Gasteiger partial charge in [-0.1, -0.05) is 19.1 Å². The number of rotatable bonds is 5. The van der Waals surface area contributed by atoms with Crippen molar-refractivity contribution in [3.63, 3.8) is 0 Å². The van der Waals surface area contributed by atoms with E-state index in [1.165, 1.54) is 25.2 Å². The minimum atomic E-state index is -4.60. The monoisotopic (exact) mass is 312 g/mol.